The third kappa shape index (κ3) is 14.7. The Kier molecular flexibility index (Phi) is 13.8. The third-order valence-corrected chi connectivity index (χ3v) is 2.54. The molecule has 21 heavy (non-hydrogen) atoms. The maximum atomic E-state index is 11.4. The van der Waals surface area contributed by atoms with Crippen molar-refractivity contribution in [1.29, 1.82) is 0 Å². The molecule has 4 N–H and O–H groups in total. The first-order valence-corrected chi connectivity index (χ1v) is 7.00. The van der Waals surface area contributed by atoms with E-state index in [0.717, 1.165) is 19.1 Å². The molecule has 0 bridgehead atoms. The molecule has 0 fully saturated rings. The molecule has 1 atom stereocenters. The second-order valence-corrected chi connectivity index (χ2v) is 4.38. The fraction of sp³-hybridized carbons (Fsp3) is 0.769. The average molecular weight is 303 g/mol. The quantitative estimate of drug-likeness (QED) is 0.252. The van der Waals surface area contributed by atoms with Gasteiger partial charge in [0.25, 0.3) is 0 Å². The van der Waals surface area contributed by atoms with Crippen LogP contribution in [0.1, 0.15) is 19.3 Å². The molecule has 0 saturated carbocycles. The van der Waals surface area contributed by atoms with Crippen LogP contribution >= 0.6 is 0 Å². The van der Waals surface area contributed by atoms with Crippen LogP contribution in [-0.4, -0.2) is 64.2 Å². The van der Waals surface area contributed by atoms with Crippen molar-refractivity contribution in [2.45, 2.75) is 25.3 Å². The van der Waals surface area contributed by atoms with Gasteiger partial charge in [-0.25, -0.2) is 0 Å². The Morgan fingerprint density at radius 3 is 2.57 bits per heavy atom. The van der Waals surface area contributed by atoms with E-state index >= 15 is 0 Å². The summed E-state index contributed by atoms with van der Waals surface area (Å²) in [6.07, 6.45) is 3.54. The molecule has 8 heteroatoms. The highest BCUT2D eigenvalue weighted by atomic mass is 16.5. The summed E-state index contributed by atoms with van der Waals surface area (Å²) in [7, 11) is 0. The van der Waals surface area contributed by atoms with Crippen LogP contribution in [0, 0.1) is 0 Å². The zero-order chi connectivity index (χ0) is 15.8. The van der Waals surface area contributed by atoms with Crippen LogP contribution in [0.2, 0.25) is 0 Å². The molecule has 122 valence electrons. The van der Waals surface area contributed by atoms with Crippen molar-refractivity contribution in [3.05, 3.63) is 0 Å². The smallest absolute Gasteiger partial charge is 0.245 e. The van der Waals surface area contributed by atoms with Gasteiger partial charge in [-0.2, -0.15) is 0 Å². The first-order chi connectivity index (χ1) is 10.2. The number of aldehydes is 1. The number of carbonyl (C=O) groups excluding carboxylic acids is 3. The fourth-order valence-electron chi connectivity index (χ4n) is 1.43. The minimum Gasteiger partial charge on any atom is -0.377 e. The van der Waals surface area contributed by atoms with Crippen LogP contribution in [0.4, 0.5) is 0 Å². The van der Waals surface area contributed by atoms with Gasteiger partial charge in [0, 0.05) is 13.1 Å². The summed E-state index contributed by atoms with van der Waals surface area (Å²) in [6, 6.07) is -0.411. The molecule has 0 saturated heterocycles. The van der Waals surface area contributed by atoms with Crippen LogP contribution in [-0.2, 0) is 23.9 Å². The Morgan fingerprint density at radius 2 is 1.86 bits per heavy atom. The summed E-state index contributed by atoms with van der Waals surface area (Å²) < 4.78 is 10.3. The lowest BCUT2D eigenvalue weighted by Crippen LogP contribution is -2.29. The van der Waals surface area contributed by atoms with Gasteiger partial charge in [0.15, 0.2) is 0 Å². The number of unbranched alkanes of at least 4 members (excludes halogenated alkanes) is 1. The summed E-state index contributed by atoms with van der Waals surface area (Å²) in [5.74, 6) is -0.183. The van der Waals surface area contributed by atoms with E-state index < -0.39 is 6.04 Å². The van der Waals surface area contributed by atoms with Crippen molar-refractivity contribution < 1.29 is 23.9 Å². The Bertz CT molecular complexity index is 289. The van der Waals surface area contributed by atoms with Crippen molar-refractivity contribution in [1.82, 2.24) is 10.6 Å². The summed E-state index contributed by atoms with van der Waals surface area (Å²) in [6.45, 7) is 2.10. The second kappa shape index (κ2) is 14.9. The number of amides is 2. The molecule has 0 aromatic carbocycles. The Labute approximate surface area is 124 Å². The second-order valence-electron chi connectivity index (χ2n) is 4.38. The molecule has 0 spiro atoms. The number of hydrogen-bond donors (Lipinski definition) is 3. The number of hydrogen-bond acceptors (Lipinski definition) is 6. The van der Waals surface area contributed by atoms with E-state index in [2.05, 4.69) is 10.6 Å². The van der Waals surface area contributed by atoms with Crippen LogP contribution in [0.5, 0.6) is 0 Å². The minimum absolute atomic E-state index is 0.0101. The molecular weight excluding hydrogens is 278 g/mol. The highest BCUT2D eigenvalue weighted by molar-refractivity contribution is 5.77. The van der Waals surface area contributed by atoms with Gasteiger partial charge in [0.2, 0.25) is 12.3 Å². The topological polar surface area (TPSA) is 120 Å². The van der Waals surface area contributed by atoms with E-state index in [1.165, 1.54) is 0 Å². The van der Waals surface area contributed by atoms with Crippen molar-refractivity contribution >= 4 is 18.6 Å². The molecule has 1 unspecified atom stereocenters. The van der Waals surface area contributed by atoms with Gasteiger partial charge in [-0.05, 0) is 19.3 Å². The number of ether oxygens (including phenoxy) is 2. The summed E-state index contributed by atoms with van der Waals surface area (Å²) >= 11 is 0. The van der Waals surface area contributed by atoms with E-state index in [1.807, 2.05) is 0 Å². The van der Waals surface area contributed by atoms with Gasteiger partial charge < -0.3 is 30.6 Å². The molecule has 0 aliphatic carbocycles. The van der Waals surface area contributed by atoms with Crippen LogP contribution < -0.4 is 16.4 Å². The van der Waals surface area contributed by atoms with E-state index in [-0.39, 0.29) is 12.5 Å². The van der Waals surface area contributed by atoms with Crippen LogP contribution in [0.3, 0.4) is 0 Å². The highest BCUT2D eigenvalue weighted by Gasteiger charge is 2.02. The molecule has 8 nitrogen and oxygen atoms in total. The Balaban J connectivity index is 3.23. The first kappa shape index (κ1) is 19.5. The normalized spacial score (nSPS) is 11.7. The minimum atomic E-state index is -0.411. The standard InChI is InChI=1S/C13H25N3O5/c14-12(9-17)3-1-2-4-16-13(19)10-21-8-7-20-6-5-15-11-18/h9,11-12H,1-8,10,14H2,(H,15,18)(H,16,19). The highest BCUT2D eigenvalue weighted by Crippen LogP contribution is 1.95. The average Bonchev–Trinajstić information content (AvgIpc) is 2.49. The molecule has 0 heterocycles. The number of nitrogens with two attached hydrogens (primary N) is 1. The van der Waals surface area contributed by atoms with Crippen LogP contribution in [0.25, 0.3) is 0 Å². The lowest BCUT2D eigenvalue weighted by atomic mass is 10.1. The summed E-state index contributed by atoms with van der Waals surface area (Å²) in [5, 5.41) is 5.17. The third-order valence-electron chi connectivity index (χ3n) is 2.54. The monoisotopic (exact) mass is 303 g/mol. The Hall–Kier alpha value is -1.51. The lowest BCUT2D eigenvalue weighted by Gasteiger charge is -2.07. The van der Waals surface area contributed by atoms with Crippen molar-refractivity contribution in [3.8, 4) is 0 Å². The molecule has 0 radical (unpaired) electrons. The van der Waals surface area contributed by atoms with E-state index in [9.17, 15) is 14.4 Å². The summed E-state index contributed by atoms with van der Waals surface area (Å²) in [5.41, 5.74) is 5.44. The van der Waals surface area contributed by atoms with E-state index in [0.29, 0.717) is 45.7 Å². The van der Waals surface area contributed by atoms with E-state index in [1.54, 1.807) is 0 Å². The lowest BCUT2D eigenvalue weighted by molar-refractivity contribution is -0.126. The van der Waals surface area contributed by atoms with Gasteiger partial charge in [-0.3, -0.25) is 9.59 Å². The molecule has 0 aliphatic rings. The Morgan fingerprint density at radius 1 is 1.10 bits per heavy atom. The maximum absolute atomic E-state index is 11.4. The van der Waals surface area contributed by atoms with Gasteiger partial charge in [0.1, 0.15) is 12.9 Å². The molecule has 0 aromatic rings. The SMILES string of the molecule is NC(C=O)CCCCNC(=O)COCCOCCNC=O. The van der Waals surface area contributed by atoms with Gasteiger partial charge in [-0.15, -0.1) is 0 Å². The first-order valence-electron chi connectivity index (χ1n) is 7.00. The van der Waals surface area contributed by atoms with Crippen molar-refractivity contribution in [2.75, 3.05) is 39.5 Å². The molecule has 0 rings (SSSR count). The van der Waals surface area contributed by atoms with Crippen molar-refractivity contribution in [2.24, 2.45) is 5.73 Å². The zero-order valence-corrected chi connectivity index (χ0v) is 12.2. The summed E-state index contributed by atoms with van der Waals surface area (Å²) in [4.78, 5) is 31.6. The van der Waals surface area contributed by atoms with Gasteiger partial charge in [-0.1, -0.05) is 0 Å². The molecular formula is C13H25N3O5. The molecule has 0 aromatic heterocycles. The van der Waals surface area contributed by atoms with E-state index in [4.69, 9.17) is 15.2 Å². The predicted octanol–water partition coefficient (Wildman–Crippen LogP) is -1.42. The van der Waals surface area contributed by atoms with Crippen molar-refractivity contribution in [3.63, 3.8) is 0 Å². The fourth-order valence-corrected chi connectivity index (χ4v) is 1.43. The number of nitrogens with one attached hydrogen (secondary N) is 2. The number of carbonyl (C=O) groups is 3. The van der Waals surface area contributed by atoms with Crippen LogP contribution in [0.15, 0.2) is 0 Å². The largest absolute Gasteiger partial charge is 0.377 e. The van der Waals surface area contributed by atoms with Gasteiger partial charge in [0.05, 0.1) is 25.9 Å². The predicted molar refractivity (Wildman–Crippen MR) is 76.6 cm³/mol. The number of rotatable bonds is 15. The van der Waals surface area contributed by atoms with Gasteiger partial charge >= 0.3 is 0 Å². The molecule has 2 amide bonds. The maximum Gasteiger partial charge on any atom is 0.245 e. The molecule has 0 aliphatic heterocycles. The zero-order valence-electron chi connectivity index (χ0n) is 12.2.